The predicted molar refractivity (Wildman–Crippen MR) is 79.0 cm³/mol. The van der Waals surface area contributed by atoms with Gasteiger partial charge in [-0.3, -0.25) is 4.79 Å². The highest BCUT2D eigenvalue weighted by atomic mass is 19.1. The number of rotatable bonds is 4. The van der Waals surface area contributed by atoms with Crippen LogP contribution in [0.25, 0.3) is 0 Å². The Bertz CT molecular complexity index is 644. The van der Waals surface area contributed by atoms with Crippen LogP contribution in [0.5, 0.6) is 0 Å². The number of aryl methyl sites for hydroxylation is 1. The van der Waals surface area contributed by atoms with E-state index in [4.69, 9.17) is 9.15 Å². The molecule has 0 saturated carbocycles. The minimum absolute atomic E-state index is 0.107. The van der Waals surface area contributed by atoms with Crippen molar-refractivity contribution >= 4 is 5.91 Å². The van der Waals surface area contributed by atoms with E-state index in [1.165, 1.54) is 18.4 Å². The van der Waals surface area contributed by atoms with E-state index < -0.39 is 0 Å². The molecular weight excluding hydrogens is 285 g/mol. The highest BCUT2D eigenvalue weighted by molar-refractivity contribution is 5.93. The van der Waals surface area contributed by atoms with Crippen molar-refractivity contribution in [2.75, 3.05) is 6.61 Å². The van der Waals surface area contributed by atoms with Gasteiger partial charge in [0.2, 0.25) is 0 Å². The Morgan fingerprint density at radius 3 is 2.68 bits per heavy atom. The van der Waals surface area contributed by atoms with E-state index in [2.05, 4.69) is 5.32 Å². The van der Waals surface area contributed by atoms with Crippen molar-refractivity contribution in [3.05, 3.63) is 59.3 Å². The molecule has 1 aromatic heterocycles. The number of halogens is 1. The van der Waals surface area contributed by atoms with Gasteiger partial charge in [-0.25, -0.2) is 4.39 Å². The lowest BCUT2D eigenvalue weighted by atomic mass is 9.99. The fourth-order valence-corrected chi connectivity index (χ4v) is 2.74. The van der Waals surface area contributed by atoms with Gasteiger partial charge in [-0.05, 0) is 43.5 Å². The molecule has 1 aliphatic rings. The molecule has 0 bridgehead atoms. The number of carbonyl (C=O) groups is 1. The Kier molecular flexibility index (Phi) is 4.24. The Balaban J connectivity index is 1.84. The Labute approximate surface area is 128 Å². The standard InChI is InChI=1S/C17H18FNO3/c1-11-8-10-22-16(11)17(20)19-15(14-3-2-9-21-14)12-4-6-13(18)7-5-12/h4-8,10,14-15H,2-3,9H2,1H3,(H,19,20)/t14-,15-/m1/s1. The summed E-state index contributed by atoms with van der Waals surface area (Å²) in [5.74, 6) is -0.291. The van der Waals surface area contributed by atoms with Crippen LogP contribution in [0.15, 0.2) is 41.0 Å². The molecule has 0 aliphatic carbocycles. The maximum Gasteiger partial charge on any atom is 0.287 e. The molecule has 0 unspecified atom stereocenters. The summed E-state index contributed by atoms with van der Waals surface area (Å²) in [4.78, 5) is 12.4. The number of carbonyl (C=O) groups excluding carboxylic acids is 1. The first-order valence-corrected chi connectivity index (χ1v) is 7.37. The molecule has 116 valence electrons. The monoisotopic (exact) mass is 303 g/mol. The van der Waals surface area contributed by atoms with E-state index in [0.29, 0.717) is 12.4 Å². The largest absolute Gasteiger partial charge is 0.459 e. The van der Waals surface area contributed by atoms with Crippen LogP contribution in [0.2, 0.25) is 0 Å². The van der Waals surface area contributed by atoms with Crippen molar-refractivity contribution in [2.24, 2.45) is 0 Å². The van der Waals surface area contributed by atoms with Gasteiger partial charge in [-0.1, -0.05) is 12.1 Å². The third-order valence-electron chi connectivity index (χ3n) is 3.92. The third kappa shape index (κ3) is 3.04. The van der Waals surface area contributed by atoms with Gasteiger partial charge in [-0.15, -0.1) is 0 Å². The van der Waals surface area contributed by atoms with Crippen LogP contribution in [-0.4, -0.2) is 18.6 Å². The van der Waals surface area contributed by atoms with Crippen LogP contribution in [0, 0.1) is 12.7 Å². The summed E-state index contributed by atoms with van der Waals surface area (Å²) in [7, 11) is 0. The lowest BCUT2D eigenvalue weighted by Gasteiger charge is -2.24. The van der Waals surface area contributed by atoms with E-state index in [0.717, 1.165) is 24.0 Å². The van der Waals surface area contributed by atoms with Crippen LogP contribution in [0.4, 0.5) is 4.39 Å². The Morgan fingerprint density at radius 1 is 1.32 bits per heavy atom. The fraction of sp³-hybridized carbons (Fsp3) is 0.353. The molecule has 2 aromatic rings. The van der Waals surface area contributed by atoms with E-state index in [9.17, 15) is 9.18 Å². The molecular formula is C17H18FNO3. The number of hydrogen-bond acceptors (Lipinski definition) is 3. The molecule has 0 spiro atoms. The second-order valence-corrected chi connectivity index (χ2v) is 5.49. The number of ether oxygens (including phenoxy) is 1. The van der Waals surface area contributed by atoms with Crippen molar-refractivity contribution in [3.63, 3.8) is 0 Å². The van der Waals surface area contributed by atoms with Crippen molar-refractivity contribution in [3.8, 4) is 0 Å². The molecule has 1 N–H and O–H groups in total. The SMILES string of the molecule is Cc1ccoc1C(=O)N[C@H](c1ccc(F)cc1)[C@H]1CCCO1. The maximum absolute atomic E-state index is 13.1. The minimum Gasteiger partial charge on any atom is -0.459 e. The van der Waals surface area contributed by atoms with Crippen LogP contribution in [0.3, 0.4) is 0 Å². The van der Waals surface area contributed by atoms with Crippen LogP contribution < -0.4 is 5.32 Å². The topological polar surface area (TPSA) is 51.5 Å². The van der Waals surface area contributed by atoms with Gasteiger partial charge in [0.25, 0.3) is 5.91 Å². The summed E-state index contributed by atoms with van der Waals surface area (Å²) >= 11 is 0. The van der Waals surface area contributed by atoms with Crippen LogP contribution >= 0.6 is 0 Å². The lowest BCUT2D eigenvalue weighted by molar-refractivity contribution is 0.0657. The molecule has 22 heavy (non-hydrogen) atoms. The maximum atomic E-state index is 13.1. The van der Waals surface area contributed by atoms with Crippen LogP contribution in [-0.2, 0) is 4.74 Å². The summed E-state index contributed by atoms with van der Waals surface area (Å²) in [6, 6.07) is 7.56. The zero-order valence-electron chi connectivity index (χ0n) is 12.3. The third-order valence-corrected chi connectivity index (χ3v) is 3.92. The molecule has 1 fully saturated rings. The van der Waals surface area contributed by atoms with Crippen molar-refractivity contribution in [1.29, 1.82) is 0 Å². The summed E-state index contributed by atoms with van der Waals surface area (Å²) in [5, 5.41) is 2.96. The first kappa shape index (κ1) is 14.8. The number of amides is 1. The molecule has 0 radical (unpaired) electrons. The predicted octanol–water partition coefficient (Wildman–Crippen LogP) is 3.38. The summed E-state index contributed by atoms with van der Waals surface area (Å²) < 4.78 is 24.1. The smallest absolute Gasteiger partial charge is 0.287 e. The van der Waals surface area contributed by atoms with Gasteiger partial charge in [-0.2, -0.15) is 0 Å². The van der Waals surface area contributed by atoms with Crippen molar-refractivity contribution < 1.29 is 18.3 Å². The van der Waals surface area contributed by atoms with E-state index >= 15 is 0 Å². The molecule has 2 heterocycles. The average molecular weight is 303 g/mol. The number of nitrogens with one attached hydrogen (secondary N) is 1. The molecule has 2 atom stereocenters. The van der Waals surface area contributed by atoms with Crippen molar-refractivity contribution in [2.45, 2.75) is 31.9 Å². The minimum atomic E-state index is -0.319. The molecule has 1 saturated heterocycles. The first-order chi connectivity index (χ1) is 10.6. The second-order valence-electron chi connectivity index (χ2n) is 5.49. The van der Waals surface area contributed by atoms with Crippen LogP contribution in [0.1, 0.15) is 40.6 Å². The average Bonchev–Trinajstić information content (AvgIpc) is 3.17. The van der Waals surface area contributed by atoms with Gasteiger partial charge in [0, 0.05) is 12.2 Å². The van der Waals surface area contributed by atoms with E-state index in [1.807, 2.05) is 6.92 Å². The molecule has 4 nitrogen and oxygen atoms in total. The molecule has 1 amide bonds. The Hall–Kier alpha value is -2.14. The van der Waals surface area contributed by atoms with E-state index in [1.54, 1.807) is 18.2 Å². The second kappa shape index (κ2) is 6.32. The summed E-state index contributed by atoms with van der Waals surface area (Å²) in [5.41, 5.74) is 1.61. The molecule has 1 aliphatic heterocycles. The highest BCUT2D eigenvalue weighted by Gasteiger charge is 2.30. The zero-order valence-corrected chi connectivity index (χ0v) is 12.3. The fourth-order valence-electron chi connectivity index (χ4n) is 2.74. The zero-order chi connectivity index (χ0) is 15.5. The van der Waals surface area contributed by atoms with Crippen molar-refractivity contribution in [1.82, 2.24) is 5.32 Å². The molecule has 1 aromatic carbocycles. The van der Waals surface area contributed by atoms with Gasteiger partial charge in [0.05, 0.1) is 18.4 Å². The quantitative estimate of drug-likeness (QED) is 0.942. The first-order valence-electron chi connectivity index (χ1n) is 7.37. The van der Waals surface area contributed by atoms with Gasteiger partial charge < -0.3 is 14.5 Å². The van der Waals surface area contributed by atoms with Gasteiger partial charge in [0.15, 0.2) is 5.76 Å². The normalized spacial score (nSPS) is 19.1. The Morgan fingerprint density at radius 2 is 2.09 bits per heavy atom. The summed E-state index contributed by atoms with van der Waals surface area (Å²) in [6.45, 7) is 2.50. The number of hydrogen-bond donors (Lipinski definition) is 1. The summed E-state index contributed by atoms with van der Waals surface area (Å²) in [6.07, 6.45) is 3.20. The van der Waals surface area contributed by atoms with Gasteiger partial charge >= 0.3 is 0 Å². The highest BCUT2D eigenvalue weighted by Crippen LogP contribution is 2.27. The molecule has 5 heteroatoms. The number of furan rings is 1. The van der Waals surface area contributed by atoms with Gasteiger partial charge in [0.1, 0.15) is 5.82 Å². The molecule has 3 rings (SSSR count). The lowest BCUT2D eigenvalue weighted by Crippen LogP contribution is -2.36. The van der Waals surface area contributed by atoms with E-state index in [-0.39, 0.29) is 23.9 Å². The number of benzene rings is 1.